The quantitative estimate of drug-likeness (QED) is 0.636. The topological polar surface area (TPSA) is 9.23 Å². The summed E-state index contributed by atoms with van der Waals surface area (Å²) < 4.78 is 17.8. The number of hydrogen-bond donors (Lipinski definition) is 0. The van der Waals surface area contributed by atoms with Gasteiger partial charge in [0.25, 0.3) is 0 Å². The minimum Gasteiger partial charge on any atom is -0.494 e. The first-order valence-corrected chi connectivity index (χ1v) is 4.70. The molecule has 1 rings (SSSR count). The average molecular weight is 174 g/mol. The van der Waals surface area contributed by atoms with Gasteiger partial charge in [-0.05, 0) is 12.3 Å². The molecule has 0 bridgehead atoms. The Bertz CT molecular complexity index is 198. The summed E-state index contributed by atoms with van der Waals surface area (Å²) in [5.74, 6) is 0.227. The summed E-state index contributed by atoms with van der Waals surface area (Å²) in [6.45, 7) is 0. The molecular formula is C8H11FOS. The number of rotatable bonds is 2. The molecule has 0 amide bonds. The Labute approximate surface area is 70.3 Å². The summed E-state index contributed by atoms with van der Waals surface area (Å²) in [7, 11) is 1.48. The Hall–Kier alpha value is -0.440. The van der Waals surface area contributed by atoms with E-state index in [-0.39, 0.29) is 11.1 Å². The molecule has 0 saturated heterocycles. The van der Waals surface area contributed by atoms with Crippen LogP contribution in [0, 0.1) is 0 Å². The molecule has 0 heterocycles. The van der Waals surface area contributed by atoms with Crippen molar-refractivity contribution in [3.8, 4) is 0 Å². The van der Waals surface area contributed by atoms with E-state index >= 15 is 0 Å². The highest BCUT2D eigenvalue weighted by Crippen LogP contribution is 2.26. The van der Waals surface area contributed by atoms with Crippen molar-refractivity contribution in [3.63, 3.8) is 0 Å². The molecule has 1 nitrogen and oxygen atoms in total. The van der Waals surface area contributed by atoms with Crippen molar-refractivity contribution >= 4 is 11.8 Å². The number of halogens is 1. The molecule has 1 unspecified atom stereocenters. The van der Waals surface area contributed by atoms with Crippen LogP contribution >= 0.6 is 11.8 Å². The van der Waals surface area contributed by atoms with E-state index in [1.807, 2.05) is 12.3 Å². The van der Waals surface area contributed by atoms with Crippen LogP contribution in [0.3, 0.4) is 0 Å². The van der Waals surface area contributed by atoms with Crippen LogP contribution in [-0.4, -0.2) is 18.6 Å². The predicted octanol–water partition coefficient (Wildman–Crippen LogP) is 2.51. The maximum Gasteiger partial charge on any atom is 0.150 e. The molecule has 0 aromatic rings. The second-order valence-corrected chi connectivity index (χ2v) is 3.39. The maximum absolute atomic E-state index is 13.0. The number of thioether (sulfide) groups is 1. The Morgan fingerprint density at radius 1 is 1.73 bits per heavy atom. The molecule has 1 aliphatic carbocycles. The lowest BCUT2D eigenvalue weighted by Gasteiger charge is -2.14. The third-order valence-electron chi connectivity index (χ3n) is 1.63. The van der Waals surface area contributed by atoms with E-state index in [0.717, 1.165) is 0 Å². The van der Waals surface area contributed by atoms with Crippen LogP contribution in [0.25, 0.3) is 0 Å². The van der Waals surface area contributed by atoms with Crippen LogP contribution in [0.15, 0.2) is 23.7 Å². The van der Waals surface area contributed by atoms with E-state index in [0.29, 0.717) is 12.2 Å². The fraction of sp³-hybridized carbons (Fsp3) is 0.500. The molecule has 3 heteroatoms. The molecule has 0 aromatic heterocycles. The standard InChI is InChI=1S/C8H11FOS/c1-10-8-4-3-6(11-2)5-7(8)9/h3-4,6H,5H2,1-2H3. The molecule has 11 heavy (non-hydrogen) atoms. The third-order valence-corrected chi connectivity index (χ3v) is 2.56. The molecule has 0 aliphatic heterocycles. The van der Waals surface area contributed by atoms with Crippen molar-refractivity contribution < 1.29 is 9.13 Å². The largest absolute Gasteiger partial charge is 0.494 e. The fourth-order valence-corrected chi connectivity index (χ4v) is 1.52. The zero-order valence-corrected chi connectivity index (χ0v) is 7.45. The Morgan fingerprint density at radius 3 is 2.91 bits per heavy atom. The molecule has 62 valence electrons. The van der Waals surface area contributed by atoms with Gasteiger partial charge in [0, 0.05) is 11.7 Å². The number of methoxy groups -OCH3 is 1. The van der Waals surface area contributed by atoms with E-state index in [2.05, 4.69) is 0 Å². The third kappa shape index (κ3) is 1.99. The van der Waals surface area contributed by atoms with Gasteiger partial charge in [0.2, 0.25) is 0 Å². The first-order valence-electron chi connectivity index (χ1n) is 3.41. The summed E-state index contributed by atoms with van der Waals surface area (Å²) in [6, 6.07) is 0. The van der Waals surface area contributed by atoms with Gasteiger partial charge >= 0.3 is 0 Å². The first kappa shape index (κ1) is 8.65. The lowest BCUT2D eigenvalue weighted by Crippen LogP contribution is -2.05. The van der Waals surface area contributed by atoms with Crippen LogP contribution in [0.2, 0.25) is 0 Å². The lowest BCUT2D eigenvalue weighted by molar-refractivity contribution is 0.285. The van der Waals surface area contributed by atoms with Gasteiger partial charge in [-0.2, -0.15) is 11.8 Å². The highest BCUT2D eigenvalue weighted by molar-refractivity contribution is 7.99. The molecule has 0 spiro atoms. The van der Waals surface area contributed by atoms with E-state index in [9.17, 15) is 4.39 Å². The molecule has 1 aliphatic rings. The molecule has 0 saturated carbocycles. The smallest absolute Gasteiger partial charge is 0.150 e. The van der Waals surface area contributed by atoms with E-state index < -0.39 is 0 Å². The van der Waals surface area contributed by atoms with Crippen molar-refractivity contribution in [2.45, 2.75) is 11.7 Å². The van der Waals surface area contributed by atoms with Crippen LogP contribution in [-0.2, 0) is 4.74 Å². The highest BCUT2D eigenvalue weighted by atomic mass is 32.2. The predicted molar refractivity (Wildman–Crippen MR) is 46.2 cm³/mol. The Kier molecular flexibility index (Phi) is 3.00. The molecule has 0 aromatic carbocycles. The van der Waals surface area contributed by atoms with Gasteiger partial charge < -0.3 is 4.74 Å². The van der Waals surface area contributed by atoms with Gasteiger partial charge in [-0.1, -0.05) is 6.08 Å². The van der Waals surface area contributed by atoms with Crippen LogP contribution in [0.4, 0.5) is 4.39 Å². The van der Waals surface area contributed by atoms with Gasteiger partial charge in [-0.3, -0.25) is 0 Å². The van der Waals surface area contributed by atoms with Crippen LogP contribution < -0.4 is 0 Å². The number of ether oxygens (including phenoxy) is 1. The molecule has 0 fully saturated rings. The summed E-state index contributed by atoms with van der Waals surface area (Å²) >= 11 is 1.65. The summed E-state index contributed by atoms with van der Waals surface area (Å²) in [5, 5.41) is 0.272. The average Bonchev–Trinajstić information content (AvgIpc) is 2.04. The summed E-state index contributed by atoms with van der Waals surface area (Å²) in [4.78, 5) is 0. The van der Waals surface area contributed by atoms with Crippen molar-refractivity contribution in [2.75, 3.05) is 13.4 Å². The molecule has 0 N–H and O–H groups in total. The normalized spacial score (nSPS) is 24.1. The van der Waals surface area contributed by atoms with Gasteiger partial charge in [0.05, 0.1) is 7.11 Å². The maximum atomic E-state index is 13.0. The van der Waals surface area contributed by atoms with Gasteiger partial charge in [-0.25, -0.2) is 4.39 Å². The van der Waals surface area contributed by atoms with E-state index in [1.54, 1.807) is 17.8 Å². The Balaban J connectivity index is 2.66. The van der Waals surface area contributed by atoms with Crippen molar-refractivity contribution in [3.05, 3.63) is 23.7 Å². The first-order chi connectivity index (χ1) is 5.27. The molecular weight excluding hydrogens is 163 g/mol. The summed E-state index contributed by atoms with van der Waals surface area (Å²) in [6.07, 6.45) is 6.09. The minimum absolute atomic E-state index is 0.144. The molecule has 1 atom stereocenters. The fourth-order valence-electron chi connectivity index (χ4n) is 0.971. The monoisotopic (exact) mass is 174 g/mol. The van der Waals surface area contributed by atoms with Gasteiger partial charge in [-0.15, -0.1) is 0 Å². The van der Waals surface area contributed by atoms with Crippen molar-refractivity contribution in [2.24, 2.45) is 0 Å². The van der Waals surface area contributed by atoms with Crippen molar-refractivity contribution in [1.82, 2.24) is 0 Å². The zero-order valence-electron chi connectivity index (χ0n) is 6.63. The number of allylic oxidation sites excluding steroid dienone is 2. The van der Waals surface area contributed by atoms with Crippen molar-refractivity contribution in [1.29, 1.82) is 0 Å². The second-order valence-electron chi connectivity index (χ2n) is 2.31. The SMILES string of the molecule is COC1=C(F)CC(SC)C=C1. The van der Waals surface area contributed by atoms with E-state index in [4.69, 9.17) is 4.74 Å². The van der Waals surface area contributed by atoms with E-state index in [1.165, 1.54) is 7.11 Å². The highest BCUT2D eigenvalue weighted by Gasteiger charge is 2.15. The van der Waals surface area contributed by atoms with Gasteiger partial charge in [0.1, 0.15) is 11.6 Å². The second kappa shape index (κ2) is 3.81. The number of hydrogen-bond acceptors (Lipinski definition) is 2. The minimum atomic E-state index is -0.144. The van der Waals surface area contributed by atoms with Gasteiger partial charge in [0.15, 0.2) is 0 Å². The lowest BCUT2D eigenvalue weighted by atomic mass is 10.1. The van der Waals surface area contributed by atoms with Crippen LogP contribution in [0.1, 0.15) is 6.42 Å². The zero-order chi connectivity index (χ0) is 8.27. The van der Waals surface area contributed by atoms with Crippen LogP contribution in [0.5, 0.6) is 0 Å². The molecule has 0 radical (unpaired) electrons. The summed E-state index contributed by atoms with van der Waals surface area (Å²) in [5.41, 5.74) is 0. The Morgan fingerprint density at radius 2 is 2.45 bits per heavy atom.